The van der Waals surface area contributed by atoms with Gasteiger partial charge in [0.15, 0.2) is 0 Å². The minimum Gasteiger partial charge on any atom is -0.545 e. The van der Waals surface area contributed by atoms with Crippen molar-refractivity contribution in [3.8, 4) is 0 Å². The van der Waals surface area contributed by atoms with Gasteiger partial charge >= 0.3 is 0 Å². The number of hydrogen-bond donors (Lipinski definition) is 1. The smallest absolute Gasteiger partial charge is 0.123 e. The molecule has 23 heavy (non-hydrogen) atoms. The van der Waals surface area contributed by atoms with Crippen LogP contribution in [0.4, 0.5) is 10.1 Å². The fourth-order valence-corrected chi connectivity index (χ4v) is 3.72. The Morgan fingerprint density at radius 1 is 1.17 bits per heavy atom. The first kappa shape index (κ1) is 14.0. The lowest BCUT2D eigenvalue weighted by molar-refractivity contribution is -0.255. The van der Waals surface area contributed by atoms with Crippen LogP contribution in [-0.4, -0.2) is 5.97 Å². The number of fused-ring (bicyclic) bond motifs is 3. The lowest BCUT2D eigenvalue weighted by Gasteiger charge is -2.37. The summed E-state index contributed by atoms with van der Waals surface area (Å²) in [6.07, 6.45) is 5.20. The van der Waals surface area contributed by atoms with Gasteiger partial charge in [-0.1, -0.05) is 36.4 Å². The van der Waals surface area contributed by atoms with E-state index in [0.29, 0.717) is 5.92 Å². The summed E-state index contributed by atoms with van der Waals surface area (Å²) in [6, 6.07) is 11.7. The van der Waals surface area contributed by atoms with Gasteiger partial charge in [0.05, 0.1) is 12.0 Å². The van der Waals surface area contributed by atoms with Crippen LogP contribution < -0.4 is 10.4 Å². The average Bonchev–Trinajstić information content (AvgIpc) is 3.04. The second kappa shape index (κ2) is 5.23. The lowest BCUT2D eigenvalue weighted by Crippen LogP contribution is -2.29. The van der Waals surface area contributed by atoms with E-state index in [1.54, 1.807) is 24.3 Å². The molecule has 0 fully saturated rings. The van der Waals surface area contributed by atoms with Gasteiger partial charge < -0.3 is 15.2 Å². The number of allylic oxidation sites excluding steroid dienone is 2. The molecule has 0 saturated heterocycles. The number of nitrogens with one attached hydrogen (secondary N) is 1. The number of anilines is 1. The Morgan fingerprint density at radius 2 is 1.96 bits per heavy atom. The molecule has 116 valence electrons. The van der Waals surface area contributed by atoms with E-state index in [4.69, 9.17) is 0 Å². The summed E-state index contributed by atoms with van der Waals surface area (Å²) >= 11 is 0. The number of rotatable bonds is 2. The lowest BCUT2D eigenvalue weighted by atomic mass is 9.77. The molecule has 1 aliphatic carbocycles. The highest BCUT2D eigenvalue weighted by Crippen LogP contribution is 2.49. The molecule has 0 unspecified atom stereocenters. The molecule has 2 aromatic carbocycles. The van der Waals surface area contributed by atoms with Crippen molar-refractivity contribution in [1.29, 1.82) is 0 Å². The van der Waals surface area contributed by atoms with Gasteiger partial charge in [0.1, 0.15) is 5.82 Å². The van der Waals surface area contributed by atoms with Crippen LogP contribution in [0.2, 0.25) is 0 Å². The summed E-state index contributed by atoms with van der Waals surface area (Å²) in [7, 11) is 0. The maximum absolute atomic E-state index is 13.6. The molecule has 1 aliphatic heterocycles. The van der Waals surface area contributed by atoms with Crippen molar-refractivity contribution in [2.75, 3.05) is 5.32 Å². The molecule has 0 spiro atoms. The predicted octanol–water partition coefficient (Wildman–Crippen LogP) is 3.02. The predicted molar refractivity (Wildman–Crippen MR) is 83.5 cm³/mol. The summed E-state index contributed by atoms with van der Waals surface area (Å²) in [5, 5.41) is 14.4. The van der Waals surface area contributed by atoms with Crippen LogP contribution in [0, 0.1) is 11.7 Å². The SMILES string of the molecule is O=C([O-])c1ccc([C@@H]2Nc3ccc(F)cc3[C@@H]3C=CC[C@@H]32)cc1. The Hall–Kier alpha value is -2.62. The monoisotopic (exact) mass is 308 g/mol. The quantitative estimate of drug-likeness (QED) is 0.868. The Bertz CT molecular complexity index is 798. The molecule has 0 aromatic heterocycles. The molecule has 4 heteroatoms. The van der Waals surface area contributed by atoms with Crippen molar-refractivity contribution < 1.29 is 14.3 Å². The second-order valence-electron chi connectivity index (χ2n) is 6.12. The summed E-state index contributed by atoms with van der Waals surface area (Å²) in [5.74, 6) is -0.901. The summed E-state index contributed by atoms with van der Waals surface area (Å²) in [5.41, 5.74) is 3.14. The highest BCUT2D eigenvalue weighted by molar-refractivity contribution is 5.85. The second-order valence-corrected chi connectivity index (χ2v) is 6.12. The topological polar surface area (TPSA) is 52.2 Å². The Kier molecular flexibility index (Phi) is 3.18. The highest BCUT2D eigenvalue weighted by atomic mass is 19.1. The summed E-state index contributed by atoms with van der Waals surface area (Å²) in [6.45, 7) is 0. The molecule has 2 aromatic rings. The highest BCUT2D eigenvalue weighted by Gasteiger charge is 2.37. The first-order chi connectivity index (χ1) is 11.1. The molecule has 0 bridgehead atoms. The molecule has 2 aliphatic rings. The fraction of sp³-hybridized carbons (Fsp3) is 0.211. The Morgan fingerprint density at radius 3 is 2.70 bits per heavy atom. The normalized spacial score (nSPS) is 24.7. The minimum absolute atomic E-state index is 0.0729. The largest absolute Gasteiger partial charge is 0.545 e. The summed E-state index contributed by atoms with van der Waals surface area (Å²) in [4.78, 5) is 10.9. The van der Waals surface area contributed by atoms with E-state index < -0.39 is 5.97 Å². The van der Waals surface area contributed by atoms with E-state index in [-0.39, 0.29) is 23.3 Å². The van der Waals surface area contributed by atoms with Crippen LogP contribution in [0.25, 0.3) is 0 Å². The van der Waals surface area contributed by atoms with Crippen LogP contribution in [-0.2, 0) is 0 Å². The maximum atomic E-state index is 13.6. The van der Waals surface area contributed by atoms with Crippen molar-refractivity contribution in [2.24, 2.45) is 5.92 Å². The van der Waals surface area contributed by atoms with E-state index in [1.807, 2.05) is 12.1 Å². The molecule has 1 N–H and O–H groups in total. The van der Waals surface area contributed by atoms with Gasteiger partial charge in [-0.05, 0) is 47.2 Å². The van der Waals surface area contributed by atoms with Crippen molar-refractivity contribution in [1.82, 2.24) is 0 Å². The first-order valence-corrected chi connectivity index (χ1v) is 7.67. The molecule has 1 heterocycles. The first-order valence-electron chi connectivity index (χ1n) is 7.67. The van der Waals surface area contributed by atoms with Gasteiger partial charge in [0.25, 0.3) is 0 Å². The number of carboxylic acids is 1. The number of hydrogen-bond acceptors (Lipinski definition) is 3. The van der Waals surface area contributed by atoms with E-state index in [9.17, 15) is 14.3 Å². The number of carbonyl (C=O) groups is 1. The zero-order chi connectivity index (χ0) is 16.0. The third-order valence-corrected chi connectivity index (χ3v) is 4.83. The maximum Gasteiger partial charge on any atom is 0.123 e. The van der Waals surface area contributed by atoms with E-state index >= 15 is 0 Å². The van der Waals surface area contributed by atoms with Crippen LogP contribution in [0.3, 0.4) is 0 Å². The van der Waals surface area contributed by atoms with E-state index in [0.717, 1.165) is 23.2 Å². The Balaban J connectivity index is 1.73. The fourth-order valence-electron chi connectivity index (χ4n) is 3.72. The van der Waals surface area contributed by atoms with Crippen molar-refractivity contribution in [3.63, 3.8) is 0 Å². The number of benzene rings is 2. The third-order valence-electron chi connectivity index (χ3n) is 4.83. The van der Waals surface area contributed by atoms with Gasteiger partial charge in [-0.25, -0.2) is 4.39 Å². The standard InChI is InChI=1S/C19H16FNO2/c20-13-8-9-17-16(10-13)14-2-1-3-15(14)18(21-17)11-4-6-12(7-5-11)19(22)23/h1-2,4-10,14-15,18,21H,3H2,(H,22,23)/p-1/t14-,15+,18+/m1/s1. The van der Waals surface area contributed by atoms with Gasteiger partial charge in [-0.15, -0.1) is 0 Å². The van der Waals surface area contributed by atoms with Crippen LogP contribution in [0.1, 0.15) is 39.9 Å². The third kappa shape index (κ3) is 2.31. The number of carboxylic acid groups (broad SMARTS) is 1. The molecule has 3 atom stereocenters. The summed E-state index contributed by atoms with van der Waals surface area (Å²) < 4.78 is 13.6. The van der Waals surface area contributed by atoms with Crippen LogP contribution in [0.5, 0.6) is 0 Å². The zero-order valence-corrected chi connectivity index (χ0v) is 12.3. The molecular weight excluding hydrogens is 293 g/mol. The Labute approximate surface area is 133 Å². The number of aromatic carboxylic acids is 1. The van der Waals surface area contributed by atoms with Crippen LogP contribution >= 0.6 is 0 Å². The van der Waals surface area contributed by atoms with E-state index in [1.165, 1.54) is 6.07 Å². The molecule has 4 rings (SSSR count). The average molecular weight is 308 g/mol. The zero-order valence-electron chi connectivity index (χ0n) is 12.3. The number of halogens is 1. The molecular formula is C19H15FNO2-. The van der Waals surface area contributed by atoms with Gasteiger partial charge in [0.2, 0.25) is 0 Å². The van der Waals surface area contributed by atoms with Crippen molar-refractivity contribution in [2.45, 2.75) is 18.4 Å². The molecule has 0 amide bonds. The minimum atomic E-state index is -1.17. The molecule has 0 saturated carbocycles. The molecule has 3 nitrogen and oxygen atoms in total. The van der Waals surface area contributed by atoms with Gasteiger partial charge in [0, 0.05) is 11.6 Å². The van der Waals surface area contributed by atoms with Crippen molar-refractivity contribution >= 4 is 11.7 Å². The van der Waals surface area contributed by atoms with Crippen LogP contribution in [0.15, 0.2) is 54.6 Å². The van der Waals surface area contributed by atoms with Crippen molar-refractivity contribution in [3.05, 3.63) is 77.1 Å². The van der Waals surface area contributed by atoms with E-state index in [2.05, 4.69) is 17.5 Å². The van der Waals surface area contributed by atoms with Gasteiger partial charge in [-0.3, -0.25) is 0 Å². The van der Waals surface area contributed by atoms with Gasteiger partial charge in [-0.2, -0.15) is 0 Å². The number of carbonyl (C=O) groups excluding carboxylic acids is 1. The molecule has 0 radical (unpaired) electrons.